The van der Waals surface area contributed by atoms with E-state index in [0.29, 0.717) is 0 Å². The number of hydrogen-bond acceptors (Lipinski definition) is 0. The molecule has 2 nitrogen and oxygen atoms in total. The molecule has 0 aromatic heterocycles. The van der Waals surface area contributed by atoms with E-state index in [1.807, 2.05) is 14.4 Å². The Balaban J connectivity index is 0.00000175. The number of hydrogen-bond donors (Lipinski definition) is 0. The monoisotopic (exact) mass is 1820 g/mol. The van der Waals surface area contributed by atoms with Crippen LogP contribution >= 0.6 is 0 Å². The van der Waals surface area contributed by atoms with Crippen LogP contribution in [-0.2, 0) is 40.1 Å². The van der Waals surface area contributed by atoms with Gasteiger partial charge in [-0.3, -0.25) is 0 Å². The summed E-state index contributed by atoms with van der Waals surface area (Å²) in [5.74, 6) is 7.74. The second kappa shape index (κ2) is 99.1. The molecule has 0 saturated carbocycles. The van der Waals surface area contributed by atoms with Gasteiger partial charge in [0.1, 0.15) is 5.57 Å². The molecule has 748 valence electrons. The molecule has 0 spiro atoms. The van der Waals surface area contributed by atoms with E-state index in [2.05, 4.69) is 104 Å². The van der Waals surface area contributed by atoms with Crippen molar-refractivity contribution in [2.45, 2.75) is 689 Å². The molecule has 0 atom stereocenters. The van der Waals surface area contributed by atoms with Gasteiger partial charge in [0.05, 0.1) is 0 Å². The van der Waals surface area contributed by atoms with E-state index in [1.54, 1.807) is 4.70 Å². The third-order valence-electron chi connectivity index (χ3n) is 28.7. The van der Waals surface area contributed by atoms with Crippen molar-refractivity contribution in [3.8, 4) is 11.8 Å². The van der Waals surface area contributed by atoms with Crippen LogP contribution in [0.15, 0.2) is 47.5 Å². The number of aryl methyl sites for hydroxylation is 4. The van der Waals surface area contributed by atoms with Crippen LogP contribution in [0.25, 0.3) is 16.9 Å². The first-order chi connectivity index (χ1) is 63.4. The van der Waals surface area contributed by atoms with Crippen molar-refractivity contribution in [1.82, 2.24) is 0 Å². The molecule has 0 amide bonds. The number of unbranched alkanes of at least 4 members (excludes halogenated alkanes) is 84. The van der Waals surface area contributed by atoms with Gasteiger partial charge in [0.2, 0.25) is 11.4 Å². The standard InChI is InChI=1S/C99H174N2.2C13H27.Ni/c1-7-13-19-24-29-32-35-37-39-41-43-45-47-49-51-53-55-57-59-61-64-69-75-80-92-84-90(78-73-67-27-22-16-10-4)86-94(87-92)98-96(82-72-18-12-6)97(83-77-71-66-63-34-31-26-21-15-9-3)99(101(98)100)95-88-91(79-74-68-28-23-17-11-5)85-93(89-95)81-76-70-65-62-60-58-56-54-52-50-48-46-44-42-40-38-36-33-30-25-20-14-8-2;2*1-3-5-7-9-11-13-12-10-8-6-4-2;/h84-89H,7-76,78-82H2,1-6H3;2*1,3-13H2,2H3;. The predicted molar refractivity (Wildman–Crippen MR) is 577 cm³/mol. The van der Waals surface area contributed by atoms with Crippen molar-refractivity contribution in [3.05, 3.63) is 86.5 Å². The van der Waals surface area contributed by atoms with Gasteiger partial charge in [-0.2, -0.15) is 0 Å². The quantitative estimate of drug-likeness (QED) is 0.0273. The zero-order valence-electron chi connectivity index (χ0n) is 88.7. The van der Waals surface area contributed by atoms with Gasteiger partial charge in [-0.05, 0) is 117 Å². The molecule has 0 N–H and O–H groups in total. The Morgan fingerprint density at radius 2 is 0.367 bits per heavy atom. The predicted octanol–water partition coefficient (Wildman–Crippen LogP) is 45.4. The second-order valence-electron chi connectivity index (χ2n) is 41.6. The van der Waals surface area contributed by atoms with Crippen LogP contribution in [0.2, 0.25) is 10.8 Å². The first-order valence-corrected chi connectivity index (χ1v) is 61.0. The molecule has 2 aromatic carbocycles. The topological polar surface area (TPSA) is 25.3 Å². The zero-order valence-corrected chi connectivity index (χ0v) is 89.7. The minimum Gasteiger partial charge on any atom is -0.0654 e. The van der Waals surface area contributed by atoms with Gasteiger partial charge in [0, 0.05) is 23.1 Å². The summed E-state index contributed by atoms with van der Waals surface area (Å²) in [6.45, 7) is 18.6. The Morgan fingerprint density at radius 3 is 0.586 bits per heavy atom. The molecular weight excluding hydrogens is 1590 g/mol. The molecule has 1 heterocycles. The summed E-state index contributed by atoms with van der Waals surface area (Å²) in [4.78, 5) is 0. The fourth-order valence-corrected chi connectivity index (χ4v) is 21.4. The van der Waals surface area contributed by atoms with Crippen LogP contribution in [-0.4, -0.2) is 4.70 Å². The molecule has 128 heavy (non-hydrogen) atoms. The smallest absolute Gasteiger partial charge is 0.0654 e. The zero-order chi connectivity index (χ0) is 91.7. The van der Waals surface area contributed by atoms with Crippen molar-refractivity contribution >= 4 is 11.4 Å². The molecule has 0 aliphatic carbocycles. The van der Waals surface area contributed by atoms with Crippen LogP contribution < -0.4 is 0 Å². The first kappa shape index (κ1) is 122. The van der Waals surface area contributed by atoms with Gasteiger partial charge >= 0.3 is 166 Å². The SMILES string of the molecule is CCCCCCCCCCC#CC1=C(c2cc(CCCCCCCC)cc(CCCCCCCCCCCCCCCCCCCCCCCCC)c2)[N+](=[N-])C(c2cc(CCCCCCCC)cc(CCCCCCCCCCCCCCCCCCCCCCCCC)c2)=C1CCCCC.CCCCCCCCCCCC[CH2][Ni][CH2]CCCCCCCCCCCC. The van der Waals surface area contributed by atoms with Gasteiger partial charge in [0.25, 0.3) is 0 Å². The molecular formula is C125H228N2Ni. The molecule has 3 rings (SSSR count). The number of allylic oxidation sites excluding steroid dienone is 2. The number of rotatable bonds is 100. The molecule has 0 radical (unpaired) electrons. The molecule has 3 heteroatoms. The molecule has 0 bridgehead atoms. The van der Waals surface area contributed by atoms with Crippen LogP contribution in [0, 0.1) is 11.8 Å². The molecule has 1 aliphatic heterocycles. The fraction of sp³-hybridized carbons (Fsp3) is 0.856. The van der Waals surface area contributed by atoms with Crippen molar-refractivity contribution < 1.29 is 19.1 Å². The van der Waals surface area contributed by atoms with E-state index < -0.39 is 0 Å². The van der Waals surface area contributed by atoms with Gasteiger partial charge in [-0.1, -0.05) is 484 Å². The summed E-state index contributed by atoms with van der Waals surface area (Å²) in [5, 5.41) is 2.86. The molecule has 0 unspecified atom stereocenters. The van der Waals surface area contributed by atoms with Crippen LogP contribution in [0.3, 0.4) is 0 Å². The molecule has 0 saturated heterocycles. The minimum absolute atomic E-state index is 0.926. The average molecular weight is 1820 g/mol. The fourth-order valence-electron chi connectivity index (χ4n) is 20.1. The second-order valence-corrected chi connectivity index (χ2v) is 43.0. The van der Waals surface area contributed by atoms with Gasteiger partial charge < -0.3 is 5.53 Å². The van der Waals surface area contributed by atoms with Gasteiger partial charge in [0.15, 0.2) is 0 Å². The van der Waals surface area contributed by atoms with Crippen LogP contribution in [0.4, 0.5) is 0 Å². The summed E-state index contributed by atoms with van der Waals surface area (Å²) in [7, 11) is 0. The van der Waals surface area contributed by atoms with E-state index in [9.17, 15) is 5.53 Å². The minimum atomic E-state index is 0.926. The molecule has 2 aromatic rings. The average Bonchev–Trinajstić information content (AvgIpc) is 1.60. The molecule has 1 aliphatic rings. The van der Waals surface area contributed by atoms with Crippen molar-refractivity contribution in [2.75, 3.05) is 0 Å². The Kier molecular flexibility index (Phi) is 94.1. The molecule has 0 fully saturated rings. The summed E-state index contributed by atoms with van der Waals surface area (Å²) >= 11 is 2.03. The summed E-state index contributed by atoms with van der Waals surface area (Å²) in [6.07, 6.45) is 134. The van der Waals surface area contributed by atoms with Gasteiger partial charge in [-0.25, -0.2) is 4.70 Å². The maximum atomic E-state index is 13.4. The Morgan fingerprint density at radius 1 is 0.195 bits per heavy atom. The Labute approximate surface area is 812 Å². The van der Waals surface area contributed by atoms with E-state index in [0.717, 1.165) is 68.3 Å². The summed E-state index contributed by atoms with van der Waals surface area (Å²) in [6, 6.07) is 15.1. The van der Waals surface area contributed by atoms with Gasteiger partial charge in [-0.15, -0.1) is 0 Å². The Hall–Kier alpha value is -2.43. The van der Waals surface area contributed by atoms with Crippen molar-refractivity contribution in [2.24, 2.45) is 0 Å². The normalized spacial score (nSPS) is 12.3. The third kappa shape index (κ3) is 75.7. The van der Waals surface area contributed by atoms with Crippen molar-refractivity contribution in [1.29, 1.82) is 0 Å². The Bertz CT molecular complexity index is 2740. The third-order valence-corrected chi connectivity index (χ3v) is 30.1. The summed E-state index contributed by atoms with van der Waals surface area (Å²) < 4.78 is 1.70. The first-order valence-electron chi connectivity index (χ1n) is 59.6. The number of nitrogens with zero attached hydrogens (tertiary/aromatic N) is 2. The maximum absolute atomic E-state index is 13.4. The van der Waals surface area contributed by atoms with E-state index >= 15 is 0 Å². The number of benzene rings is 2. The van der Waals surface area contributed by atoms with E-state index in [1.165, 1.54) is 621 Å². The van der Waals surface area contributed by atoms with Crippen LogP contribution in [0.1, 0.15) is 686 Å². The summed E-state index contributed by atoms with van der Waals surface area (Å²) in [5.41, 5.74) is 26.0. The van der Waals surface area contributed by atoms with E-state index in [-0.39, 0.29) is 0 Å². The van der Waals surface area contributed by atoms with Crippen LogP contribution in [0.5, 0.6) is 0 Å². The van der Waals surface area contributed by atoms with Crippen molar-refractivity contribution in [3.63, 3.8) is 0 Å². The van der Waals surface area contributed by atoms with E-state index in [4.69, 9.17) is 0 Å².